The maximum absolute atomic E-state index is 13.3. The van der Waals surface area contributed by atoms with Crippen molar-refractivity contribution in [3.63, 3.8) is 0 Å². The van der Waals surface area contributed by atoms with Crippen LogP contribution in [0.25, 0.3) is 0 Å². The molecular formula is C23H27ClF3N3O2. The van der Waals surface area contributed by atoms with E-state index in [2.05, 4.69) is 15.8 Å². The van der Waals surface area contributed by atoms with Crippen molar-refractivity contribution in [1.82, 2.24) is 10.6 Å². The van der Waals surface area contributed by atoms with Gasteiger partial charge in [-0.2, -0.15) is 13.2 Å². The van der Waals surface area contributed by atoms with Crippen molar-refractivity contribution in [2.75, 3.05) is 13.1 Å². The van der Waals surface area contributed by atoms with Crippen LogP contribution in [0.1, 0.15) is 37.8 Å². The average Bonchev–Trinajstić information content (AvgIpc) is 2.89. The molecule has 2 atom stereocenters. The first-order chi connectivity index (χ1) is 15.1. The third-order valence-corrected chi connectivity index (χ3v) is 6.03. The van der Waals surface area contributed by atoms with E-state index in [1.165, 1.54) is 0 Å². The van der Waals surface area contributed by atoms with E-state index in [0.717, 1.165) is 11.1 Å². The second kappa shape index (κ2) is 10.1. The third-order valence-electron chi connectivity index (χ3n) is 5.72. The molecule has 5 nitrogen and oxygen atoms in total. The van der Waals surface area contributed by atoms with Crippen molar-refractivity contribution in [1.29, 1.82) is 0 Å². The molecule has 3 rings (SSSR count). The van der Waals surface area contributed by atoms with E-state index in [9.17, 15) is 23.2 Å². The first-order valence-electron chi connectivity index (χ1n) is 10.6. The summed E-state index contributed by atoms with van der Waals surface area (Å²) in [7, 11) is 0. The Kier molecular flexibility index (Phi) is 7.67. The van der Waals surface area contributed by atoms with Gasteiger partial charge in [-0.05, 0) is 42.0 Å². The first kappa shape index (κ1) is 24.3. The Balaban J connectivity index is 1.81. The van der Waals surface area contributed by atoms with Gasteiger partial charge in [0.15, 0.2) is 0 Å². The molecule has 0 amide bonds. The molecule has 2 bridgehead atoms. The van der Waals surface area contributed by atoms with Crippen molar-refractivity contribution >= 4 is 23.1 Å². The second-order valence-electron chi connectivity index (χ2n) is 8.57. The minimum absolute atomic E-state index is 0.270. The Morgan fingerprint density at radius 2 is 2.00 bits per heavy atom. The zero-order chi connectivity index (χ0) is 23.5. The monoisotopic (exact) mass is 469 g/mol. The zero-order valence-electron chi connectivity index (χ0n) is 18.0. The van der Waals surface area contributed by atoms with Crippen LogP contribution in [-0.4, -0.2) is 36.0 Å². The SMILES string of the molecule is CC(C)CC(=NO)c1ccc(CNC2=C3CCNCC(C=C2Cl)C3C(=O)C(F)(F)F)cc1. The Hall–Kier alpha value is -2.32. The van der Waals surface area contributed by atoms with Gasteiger partial charge in [0.25, 0.3) is 0 Å². The number of nitrogens with zero attached hydrogens (tertiary/aromatic N) is 1. The van der Waals surface area contributed by atoms with Gasteiger partial charge < -0.3 is 15.8 Å². The van der Waals surface area contributed by atoms with Crippen LogP contribution in [0.4, 0.5) is 13.2 Å². The summed E-state index contributed by atoms with van der Waals surface area (Å²) in [6, 6.07) is 7.39. The molecule has 1 aliphatic carbocycles. The Labute approximate surface area is 190 Å². The van der Waals surface area contributed by atoms with Crippen molar-refractivity contribution in [2.45, 2.75) is 39.4 Å². The highest BCUT2D eigenvalue weighted by Crippen LogP contribution is 2.41. The fourth-order valence-corrected chi connectivity index (χ4v) is 4.57. The molecule has 1 fully saturated rings. The minimum atomic E-state index is -4.90. The quantitative estimate of drug-likeness (QED) is 0.306. The number of alkyl halides is 3. The largest absolute Gasteiger partial charge is 0.450 e. The molecule has 2 aliphatic rings. The number of Topliss-reactive ketones (excluding diaryl/α,β-unsaturated/α-hetero) is 1. The number of allylic oxidation sites excluding steroid dienone is 1. The lowest BCUT2D eigenvalue weighted by Gasteiger charge is -2.31. The lowest BCUT2D eigenvalue weighted by Crippen LogP contribution is -2.40. The fraction of sp³-hybridized carbons (Fsp3) is 0.478. The number of carbonyl (C=O) groups excluding carboxylic acids is 1. The average molecular weight is 470 g/mol. The van der Waals surface area contributed by atoms with Gasteiger partial charge in [-0.3, -0.25) is 4.79 Å². The van der Waals surface area contributed by atoms with Crippen LogP contribution in [0.15, 0.2) is 51.8 Å². The smallest absolute Gasteiger partial charge is 0.411 e. The maximum atomic E-state index is 13.3. The number of nitrogens with one attached hydrogen (secondary N) is 2. The number of benzene rings is 1. The van der Waals surface area contributed by atoms with Gasteiger partial charge in [0, 0.05) is 19.0 Å². The molecule has 1 aliphatic heterocycles. The maximum Gasteiger partial charge on any atom is 0.450 e. The van der Waals surface area contributed by atoms with Gasteiger partial charge >= 0.3 is 6.18 Å². The molecule has 1 heterocycles. The molecule has 1 saturated heterocycles. The molecule has 0 aromatic heterocycles. The van der Waals surface area contributed by atoms with E-state index in [1.54, 1.807) is 6.08 Å². The van der Waals surface area contributed by atoms with Crippen molar-refractivity contribution < 1.29 is 23.2 Å². The lowest BCUT2D eigenvalue weighted by atomic mass is 9.77. The van der Waals surface area contributed by atoms with E-state index in [0.29, 0.717) is 53.9 Å². The van der Waals surface area contributed by atoms with E-state index in [4.69, 9.17) is 11.6 Å². The Morgan fingerprint density at radius 1 is 1.31 bits per heavy atom. The van der Waals surface area contributed by atoms with Crippen LogP contribution in [0.2, 0.25) is 0 Å². The molecule has 1 aromatic carbocycles. The van der Waals surface area contributed by atoms with Gasteiger partial charge in [0.05, 0.1) is 22.4 Å². The van der Waals surface area contributed by atoms with Crippen LogP contribution in [-0.2, 0) is 11.3 Å². The molecule has 1 aromatic rings. The predicted molar refractivity (Wildman–Crippen MR) is 118 cm³/mol. The van der Waals surface area contributed by atoms with E-state index in [1.807, 2.05) is 38.1 Å². The minimum Gasteiger partial charge on any atom is -0.411 e. The third kappa shape index (κ3) is 5.53. The summed E-state index contributed by atoms with van der Waals surface area (Å²) >= 11 is 6.42. The second-order valence-corrected chi connectivity index (χ2v) is 8.97. The van der Waals surface area contributed by atoms with Crippen LogP contribution < -0.4 is 10.6 Å². The highest BCUT2D eigenvalue weighted by molar-refractivity contribution is 6.32. The van der Waals surface area contributed by atoms with Gasteiger partial charge in [-0.25, -0.2) is 0 Å². The standard InChI is InChI=1S/C23H27ClF3N3O2/c1-13(2)9-19(30-32)15-5-3-14(4-6-15)11-29-21-17-7-8-28-12-16(10-18(21)24)20(17)22(31)23(25,26)27/h3-6,10,13,16,20,28-29,32H,7-9,11-12H2,1-2H3. The topological polar surface area (TPSA) is 73.7 Å². The molecule has 2 unspecified atom stereocenters. The molecule has 174 valence electrons. The summed E-state index contributed by atoms with van der Waals surface area (Å²) in [5.74, 6) is -3.29. The van der Waals surface area contributed by atoms with Gasteiger partial charge in [0.1, 0.15) is 0 Å². The molecule has 0 spiro atoms. The van der Waals surface area contributed by atoms with Crippen molar-refractivity contribution in [3.05, 3.63) is 57.8 Å². The summed E-state index contributed by atoms with van der Waals surface area (Å²) in [4.78, 5) is 12.2. The molecule has 0 radical (unpaired) electrons. The van der Waals surface area contributed by atoms with Gasteiger partial charge in [-0.1, -0.05) is 60.9 Å². The van der Waals surface area contributed by atoms with Crippen molar-refractivity contribution in [3.8, 4) is 0 Å². The Bertz CT molecular complexity index is 937. The number of hydrogen-bond donors (Lipinski definition) is 3. The van der Waals surface area contributed by atoms with Gasteiger partial charge in [0.2, 0.25) is 5.78 Å². The molecular weight excluding hydrogens is 443 g/mol. The van der Waals surface area contributed by atoms with Crippen LogP contribution in [0.3, 0.4) is 0 Å². The normalized spacial score (nSPS) is 22.0. The van der Waals surface area contributed by atoms with Crippen LogP contribution >= 0.6 is 11.6 Å². The summed E-state index contributed by atoms with van der Waals surface area (Å²) in [6.07, 6.45) is -2.42. The molecule has 0 saturated carbocycles. The van der Waals surface area contributed by atoms with E-state index < -0.39 is 23.8 Å². The molecule has 3 N–H and O–H groups in total. The van der Waals surface area contributed by atoms with Crippen molar-refractivity contribution in [2.24, 2.45) is 22.9 Å². The number of halogens is 4. The fourth-order valence-electron chi connectivity index (χ4n) is 4.22. The number of oxime groups is 1. The highest BCUT2D eigenvalue weighted by Gasteiger charge is 2.49. The first-order valence-corrected chi connectivity index (χ1v) is 11.0. The summed E-state index contributed by atoms with van der Waals surface area (Å²) < 4.78 is 39.8. The zero-order valence-corrected chi connectivity index (χ0v) is 18.7. The Morgan fingerprint density at radius 3 is 2.59 bits per heavy atom. The summed E-state index contributed by atoms with van der Waals surface area (Å²) in [5.41, 5.74) is 3.07. The predicted octanol–water partition coefficient (Wildman–Crippen LogP) is 4.75. The van der Waals surface area contributed by atoms with Crippen LogP contribution in [0, 0.1) is 17.8 Å². The number of fused-ring (bicyclic) bond motifs is 2. The molecule has 32 heavy (non-hydrogen) atoms. The van der Waals surface area contributed by atoms with Gasteiger partial charge in [-0.15, -0.1) is 0 Å². The summed E-state index contributed by atoms with van der Waals surface area (Å²) in [6.45, 7) is 5.13. The molecule has 9 heteroatoms. The number of carbonyl (C=O) groups is 1. The number of hydrogen-bond acceptors (Lipinski definition) is 5. The highest BCUT2D eigenvalue weighted by atomic mass is 35.5. The van der Waals surface area contributed by atoms with E-state index >= 15 is 0 Å². The number of rotatable bonds is 7. The summed E-state index contributed by atoms with van der Waals surface area (Å²) in [5, 5.41) is 19.2. The van der Waals surface area contributed by atoms with E-state index in [-0.39, 0.29) is 6.54 Å². The number of ketones is 1. The lowest BCUT2D eigenvalue weighted by molar-refractivity contribution is -0.175. The van der Waals surface area contributed by atoms with Crippen LogP contribution in [0.5, 0.6) is 0 Å².